The van der Waals surface area contributed by atoms with Crippen LogP contribution in [0.3, 0.4) is 0 Å². The van der Waals surface area contributed by atoms with E-state index in [9.17, 15) is 4.79 Å². The number of carbonyl (C=O) groups excluding carboxylic acids is 1. The van der Waals surface area contributed by atoms with Gasteiger partial charge >= 0.3 is 0 Å². The van der Waals surface area contributed by atoms with Crippen LogP contribution in [0.25, 0.3) is 0 Å². The van der Waals surface area contributed by atoms with E-state index in [0.29, 0.717) is 12.5 Å². The van der Waals surface area contributed by atoms with Gasteiger partial charge in [0, 0.05) is 17.7 Å². The Kier molecular flexibility index (Phi) is 6.56. The van der Waals surface area contributed by atoms with Crippen LogP contribution in [-0.2, 0) is 19.5 Å². The summed E-state index contributed by atoms with van der Waals surface area (Å²) in [4.78, 5) is 13.7. The fourth-order valence-electron chi connectivity index (χ4n) is 2.82. The molecule has 0 saturated carbocycles. The summed E-state index contributed by atoms with van der Waals surface area (Å²) in [5.41, 5.74) is 4.47. The highest BCUT2D eigenvalue weighted by Gasteiger charge is 2.09. The number of hydrogen-bond donors (Lipinski definition) is 2. The molecule has 0 bridgehead atoms. The van der Waals surface area contributed by atoms with Crippen molar-refractivity contribution in [2.45, 2.75) is 33.4 Å². The normalized spacial score (nSPS) is 11.1. The second-order valence-electron chi connectivity index (χ2n) is 7.13. The van der Waals surface area contributed by atoms with Crippen LogP contribution in [-0.4, -0.2) is 20.0 Å². The topological polar surface area (TPSA) is 33.5 Å². The largest absolute Gasteiger partial charge is 0.348 e. The van der Waals surface area contributed by atoms with Gasteiger partial charge in [0.05, 0.1) is 14.1 Å². The van der Waals surface area contributed by atoms with Crippen LogP contribution in [0, 0.1) is 5.92 Å². The van der Waals surface area contributed by atoms with Gasteiger partial charge in [-0.2, -0.15) is 0 Å². The summed E-state index contributed by atoms with van der Waals surface area (Å²) in [6, 6.07) is 16.2. The molecule has 0 radical (unpaired) electrons. The van der Waals surface area contributed by atoms with Crippen molar-refractivity contribution >= 4 is 5.91 Å². The van der Waals surface area contributed by atoms with Gasteiger partial charge in [-0.1, -0.05) is 50.2 Å². The molecule has 2 rings (SSSR count). The molecular weight excluding hydrogens is 296 g/mol. The molecule has 128 valence electrons. The molecule has 3 nitrogen and oxygen atoms in total. The molecule has 3 heteroatoms. The Hall–Kier alpha value is -2.13. The summed E-state index contributed by atoms with van der Waals surface area (Å²) in [5, 5.41) is 3.04. The average Bonchev–Trinajstić information content (AvgIpc) is 2.53. The van der Waals surface area contributed by atoms with Gasteiger partial charge in [0.2, 0.25) is 0 Å². The highest BCUT2D eigenvalue weighted by molar-refractivity contribution is 5.94. The number of nitrogens with one attached hydrogen (secondary N) is 2. The Bertz CT molecular complexity index is 660. The van der Waals surface area contributed by atoms with E-state index in [1.54, 1.807) is 0 Å². The van der Waals surface area contributed by atoms with Crippen molar-refractivity contribution in [1.82, 2.24) is 5.32 Å². The molecule has 0 fully saturated rings. The van der Waals surface area contributed by atoms with Crippen molar-refractivity contribution in [3.63, 3.8) is 0 Å². The summed E-state index contributed by atoms with van der Waals surface area (Å²) in [6.45, 7) is 5.92. The SMILES string of the molecule is CC(C)Cc1ccc(C(=O)NCc2ccccc2C[NH+](C)C)cc1. The van der Waals surface area contributed by atoms with Crippen molar-refractivity contribution in [2.24, 2.45) is 5.92 Å². The van der Waals surface area contributed by atoms with Crippen LogP contribution in [0.2, 0.25) is 0 Å². The third-order valence-corrected chi connectivity index (χ3v) is 3.96. The van der Waals surface area contributed by atoms with E-state index in [2.05, 4.69) is 63.6 Å². The first-order valence-electron chi connectivity index (χ1n) is 8.68. The van der Waals surface area contributed by atoms with Gasteiger partial charge in [-0.25, -0.2) is 0 Å². The lowest BCUT2D eigenvalue weighted by molar-refractivity contribution is -0.872. The number of hydrogen-bond acceptors (Lipinski definition) is 1. The van der Waals surface area contributed by atoms with Gasteiger partial charge in [-0.15, -0.1) is 0 Å². The third-order valence-electron chi connectivity index (χ3n) is 3.96. The molecule has 0 aromatic heterocycles. The molecule has 0 aliphatic heterocycles. The summed E-state index contributed by atoms with van der Waals surface area (Å²) in [7, 11) is 4.27. The molecule has 0 aliphatic carbocycles. The highest BCUT2D eigenvalue weighted by atomic mass is 16.1. The number of benzene rings is 2. The zero-order valence-electron chi connectivity index (χ0n) is 15.2. The molecule has 24 heavy (non-hydrogen) atoms. The van der Waals surface area contributed by atoms with Crippen LogP contribution in [0.1, 0.15) is 40.9 Å². The van der Waals surface area contributed by atoms with E-state index in [0.717, 1.165) is 18.5 Å². The lowest BCUT2D eigenvalue weighted by atomic mass is 10.0. The average molecular weight is 325 g/mol. The molecule has 2 aromatic rings. The second kappa shape index (κ2) is 8.65. The van der Waals surface area contributed by atoms with Gasteiger partial charge in [0.1, 0.15) is 6.54 Å². The van der Waals surface area contributed by atoms with Gasteiger partial charge in [0.25, 0.3) is 5.91 Å². The molecule has 2 N–H and O–H groups in total. The monoisotopic (exact) mass is 325 g/mol. The lowest BCUT2D eigenvalue weighted by Crippen LogP contribution is -3.04. The maximum Gasteiger partial charge on any atom is 0.251 e. The molecular formula is C21H29N2O+. The molecule has 1 amide bonds. The lowest BCUT2D eigenvalue weighted by Gasteiger charge is -2.13. The predicted octanol–water partition coefficient (Wildman–Crippen LogP) is 2.46. The van der Waals surface area contributed by atoms with Gasteiger partial charge in [-0.3, -0.25) is 4.79 Å². The quantitative estimate of drug-likeness (QED) is 0.805. The first-order chi connectivity index (χ1) is 11.5. The summed E-state index contributed by atoms with van der Waals surface area (Å²) in [6.07, 6.45) is 1.04. The molecule has 0 aliphatic rings. The molecule has 0 spiro atoms. The minimum atomic E-state index is -0.0156. The minimum absolute atomic E-state index is 0.0156. The van der Waals surface area contributed by atoms with Crippen LogP contribution in [0.15, 0.2) is 48.5 Å². The number of rotatable bonds is 7. The van der Waals surface area contributed by atoms with E-state index >= 15 is 0 Å². The fraction of sp³-hybridized carbons (Fsp3) is 0.381. The zero-order chi connectivity index (χ0) is 17.5. The minimum Gasteiger partial charge on any atom is -0.348 e. The van der Waals surface area contributed by atoms with Gasteiger partial charge < -0.3 is 10.2 Å². The van der Waals surface area contributed by atoms with E-state index < -0.39 is 0 Å². The van der Waals surface area contributed by atoms with E-state index in [1.165, 1.54) is 21.6 Å². The van der Waals surface area contributed by atoms with Crippen LogP contribution in [0.4, 0.5) is 0 Å². The van der Waals surface area contributed by atoms with Gasteiger partial charge in [0.15, 0.2) is 0 Å². The Labute approximate surface area is 145 Å². The number of quaternary nitrogens is 1. The molecule has 0 heterocycles. The fourth-order valence-corrected chi connectivity index (χ4v) is 2.82. The molecule has 0 unspecified atom stereocenters. The third kappa shape index (κ3) is 5.50. The first-order valence-corrected chi connectivity index (χ1v) is 8.68. The maximum absolute atomic E-state index is 12.4. The van der Waals surface area contributed by atoms with Crippen molar-refractivity contribution in [3.8, 4) is 0 Å². The number of amides is 1. The standard InChI is InChI=1S/C21H28N2O/c1-16(2)13-17-9-11-18(12-10-17)21(24)22-14-19-7-5-6-8-20(19)15-23(3)4/h5-12,16H,13-15H2,1-4H3,(H,22,24)/p+1. The van der Waals surface area contributed by atoms with Crippen molar-refractivity contribution in [3.05, 3.63) is 70.8 Å². The Balaban J connectivity index is 1.98. The van der Waals surface area contributed by atoms with E-state index in [1.807, 2.05) is 18.2 Å². The zero-order valence-corrected chi connectivity index (χ0v) is 15.2. The Morgan fingerprint density at radius 2 is 1.62 bits per heavy atom. The molecule has 0 saturated heterocycles. The van der Waals surface area contributed by atoms with E-state index in [-0.39, 0.29) is 5.91 Å². The van der Waals surface area contributed by atoms with E-state index in [4.69, 9.17) is 0 Å². The smallest absolute Gasteiger partial charge is 0.251 e. The summed E-state index contributed by atoms with van der Waals surface area (Å²) < 4.78 is 0. The Morgan fingerprint density at radius 3 is 2.21 bits per heavy atom. The van der Waals surface area contributed by atoms with Crippen molar-refractivity contribution in [1.29, 1.82) is 0 Å². The van der Waals surface area contributed by atoms with Crippen molar-refractivity contribution in [2.75, 3.05) is 14.1 Å². The van der Waals surface area contributed by atoms with Crippen LogP contribution >= 0.6 is 0 Å². The summed E-state index contributed by atoms with van der Waals surface area (Å²) in [5.74, 6) is 0.609. The second-order valence-corrected chi connectivity index (χ2v) is 7.13. The summed E-state index contributed by atoms with van der Waals surface area (Å²) >= 11 is 0. The predicted molar refractivity (Wildman–Crippen MR) is 99.1 cm³/mol. The molecule has 2 aromatic carbocycles. The number of carbonyl (C=O) groups is 1. The van der Waals surface area contributed by atoms with Crippen LogP contribution < -0.4 is 10.2 Å². The van der Waals surface area contributed by atoms with Gasteiger partial charge in [-0.05, 0) is 35.6 Å². The highest BCUT2D eigenvalue weighted by Crippen LogP contribution is 2.11. The van der Waals surface area contributed by atoms with Crippen LogP contribution in [0.5, 0.6) is 0 Å². The Morgan fingerprint density at radius 1 is 1.00 bits per heavy atom. The molecule has 0 atom stereocenters. The first kappa shape index (κ1) is 18.2. The maximum atomic E-state index is 12.4. The van der Waals surface area contributed by atoms with Crippen molar-refractivity contribution < 1.29 is 9.69 Å².